The van der Waals surface area contributed by atoms with Crippen LogP contribution in [0.4, 0.5) is 11.6 Å². The highest BCUT2D eigenvalue weighted by Crippen LogP contribution is 2.09. The molecule has 6 heteroatoms. The largest absolute Gasteiger partial charge is 0.481 e. The number of anilines is 2. The van der Waals surface area contributed by atoms with Crippen LogP contribution in [0.2, 0.25) is 0 Å². The number of hydrogen-bond donors (Lipinski definition) is 2. The van der Waals surface area contributed by atoms with Crippen molar-refractivity contribution in [3.63, 3.8) is 0 Å². The molecule has 0 aromatic carbocycles. The van der Waals surface area contributed by atoms with Crippen molar-refractivity contribution in [3.8, 4) is 5.88 Å². The van der Waals surface area contributed by atoms with Gasteiger partial charge in [0.15, 0.2) is 0 Å². The Morgan fingerprint density at radius 3 is 2.82 bits per heavy atom. The Labute approximate surface area is 98.9 Å². The minimum Gasteiger partial charge on any atom is -0.481 e. The van der Waals surface area contributed by atoms with Gasteiger partial charge >= 0.3 is 0 Å². The van der Waals surface area contributed by atoms with Crippen molar-refractivity contribution in [1.29, 1.82) is 0 Å². The Morgan fingerprint density at radius 2 is 2.18 bits per heavy atom. The average molecular weight is 231 g/mol. The van der Waals surface area contributed by atoms with Crippen LogP contribution in [0.25, 0.3) is 0 Å². The van der Waals surface area contributed by atoms with Crippen LogP contribution in [0.1, 0.15) is 5.56 Å². The number of nitrogens with zero attached hydrogens (tertiary/aromatic N) is 3. The van der Waals surface area contributed by atoms with Crippen LogP contribution in [0.5, 0.6) is 5.88 Å². The summed E-state index contributed by atoms with van der Waals surface area (Å²) in [7, 11) is 1.59. The van der Waals surface area contributed by atoms with E-state index in [0.717, 1.165) is 5.56 Å². The van der Waals surface area contributed by atoms with Crippen LogP contribution in [0, 0.1) is 0 Å². The normalized spacial score (nSPS) is 9.94. The SMILES string of the molecule is COc1ccc(CNc2cc(N)ncn2)cn1. The van der Waals surface area contributed by atoms with Gasteiger partial charge in [0, 0.05) is 24.9 Å². The monoisotopic (exact) mass is 231 g/mol. The molecule has 0 aliphatic heterocycles. The van der Waals surface area contributed by atoms with E-state index < -0.39 is 0 Å². The van der Waals surface area contributed by atoms with Crippen molar-refractivity contribution in [2.24, 2.45) is 0 Å². The highest BCUT2D eigenvalue weighted by Gasteiger charge is 1.98. The number of ether oxygens (including phenoxy) is 1. The summed E-state index contributed by atoms with van der Waals surface area (Å²) in [6, 6.07) is 5.42. The smallest absolute Gasteiger partial charge is 0.212 e. The number of nitrogen functional groups attached to an aromatic ring is 1. The lowest BCUT2D eigenvalue weighted by molar-refractivity contribution is 0.397. The van der Waals surface area contributed by atoms with E-state index in [0.29, 0.717) is 24.1 Å². The van der Waals surface area contributed by atoms with E-state index in [1.165, 1.54) is 6.33 Å². The molecule has 0 aliphatic carbocycles. The number of hydrogen-bond acceptors (Lipinski definition) is 6. The topological polar surface area (TPSA) is 86.0 Å². The van der Waals surface area contributed by atoms with Crippen molar-refractivity contribution < 1.29 is 4.74 Å². The predicted molar refractivity (Wildman–Crippen MR) is 64.6 cm³/mol. The first kappa shape index (κ1) is 11.1. The highest BCUT2D eigenvalue weighted by molar-refractivity contribution is 5.43. The second-order valence-corrected chi connectivity index (χ2v) is 3.39. The third-order valence-corrected chi connectivity index (χ3v) is 2.17. The second-order valence-electron chi connectivity index (χ2n) is 3.39. The van der Waals surface area contributed by atoms with E-state index in [1.807, 2.05) is 12.1 Å². The maximum atomic E-state index is 5.55. The van der Waals surface area contributed by atoms with E-state index in [-0.39, 0.29) is 0 Å². The Kier molecular flexibility index (Phi) is 3.34. The molecule has 0 unspecified atom stereocenters. The first-order chi connectivity index (χ1) is 8.28. The van der Waals surface area contributed by atoms with Crippen LogP contribution in [-0.4, -0.2) is 22.1 Å². The van der Waals surface area contributed by atoms with Gasteiger partial charge in [-0.3, -0.25) is 0 Å². The van der Waals surface area contributed by atoms with Gasteiger partial charge in [0.1, 0.15) is 18.0 Å². The van der Waals surface area contributed by atoms with E-state index in [2.05, 4.69) is 20.3 Å². The second kappa shape index (κ2) is 5.11. The van der Waals surface area contributed by atoms with E-state index in [1.54, 1.807) is 19.4 Å². The van der Waals surface area contributed by atoms with Crippen molar-refractivity contribution >= 4 is 11.6 Å². The van der Waals surface area contributed by atoms with Gasteiger partial charge in [0.25, 0.3) is 0 Å². The maximum absolute atomic E-state index is 5.55. The van der Waals surface area contributed by atoms with Crippen molar-refractivity contribution in [3.05, 3.63) is 36.3 Å². The molecule has 2 aromatic heterocycles. The number of aromatic nitrogens is 3. The zero-order chi connectivity index (χ0) is 12.1. The summed E-state index contributed by atoms with van der Waals surface area (Å²) < 4.78 is 4.98. The number of rotatable bonds is 4. The molecule has 2 aromatic rings. The lowest BCUT2D eigenvalue weighted by atomic mass is 10.3. The third kappa shape index (κ3) is 3.04. The first-order valence-electron chi connectivity index (χ1n) is 5.08. The van der Waals surface area contributed by atoms with Gasteiger partial charge in [-0.1, -0.05) is 6.07 Å². The summed E-state index contributed by atoms with van der Waals surface area (Å²) in [5.41, 5.74) is 6.58. The molecule has 2 heterocycles. The molecule has 3 N–H and O–H groups in total. The van der Waals surface area contributed by atoms with Crippen LogP contribution < -0.4 is 15.8 Å². The van der Waals surface area contributed by atoms with Gasteiger partial charge < -0.3 is 15.8 Å². The molecule has 0 bridgehead atoms. The van der Waals surface area contributed by atoms with E-state index in [9.17, 15) is 0 Å². The average Bonchev–Trinajstić information content (AvgIpc) is 2.37. The molecular weight excluding hydrogens is 218 g/mol. The third-order valence-electron chi connectivity index (χ3n) is 2.17. The molecule has 0 radical (unpaired) electrons. The fourth-order valence-electron chi connectivity index (χ4n) is 1.30. The van der Waals surface area contributed by atoms with Crippen LogP contribution in [0.3, 0.4) is 0 Å². The minimum absolute atomic E-state index is 0.440. The number of methoxy groups -OCH3 is 1. The summed E-state index contributed by atoms with van der Waals surface area (Å²) in [6.07, 6.45) is 3.17. The van der Waals surface area contributed by atoms with E-state index in [4.69, 9.17) is 10.5 Å². The summed E-state index contributed by atoms with van der Waals surface area (Å²) in [5, 5.41) is 3.13. The Hall–Kier alpha value is -2.37. The number of pyridine rings is 1. The minimum atomic E-state index is 0.440. The molecule has 0 spiro atoms. The highest BCUT2D eigenvalue weighted by atomic mass is 16.5. The zero-order valence-electron chi connectivity index (χ0n) is 9.42. The lowest BCUT2D eigenvalue weighted by Crippen LogP contribution is -2.03. The number of nitrogens with one attached hydrogen (secondary N) is 1. The zero-order valence-corrected chi connectivity index (χ0v) is 9.42. The molecule has 0 amide bonds. The van der Waals surface area contributed by atoms with Crippen LogP contribution in [-0.2, 0) is 6.54 Å². The Bertz CT molecular complexity index is 485. The molecule has 88 valence electrons. The summed E-state index contributed by atoms with van der Waals surface area (Å²) in [6.45, 7) is 0.618. The van der Waals surface area contributed by atoms with Gasteiger partial charge in [-0.05, 0) is 5.56 Å². The predicted octanol–water partition coefficient (Wildman–Crippen LogP) is 1.07. The lowest BCUT2D eigenvalue weighted by Gasteiger charge is -2.06. The van der Waals surface area contributed by atoms with Crippen molar-refractivity contribution in [1.82, 2.24) is 15.0 Å². The summed E-state index contributed by atoms with van der Waals surface area (Å²) in [4.78, 5) is 12.0. The van der Waals surface area contributed by atoms with Gasteiger partial charge in [0.2, 0.25) is 5.88 Å². The van der Waals surface area contributed by atoms with Crippen LogP contribution >= 0.6 is 0 Å². The fourth-order valence-corrected chi connectivity index (χ4v) is 1.30. The van der Waals surface area contributed by atoms with E-state index >= 15 is 0 Å². The molecule has 0 fully saturated rings. The summed E-state index contributed by atoms with van der Waals surface area (Å²) in [5.74, 6) is 1.73. The number of nitrogens with two attached hydrogens (primary N) is 1. The summed E-state index contributed by atoms with van der Waals surface area (Å²) >= 11 is 0. The Balaban J connectivity index is 1.97. The molecule has 17 heavy (non-hydrogen) atoms. The van der Waals surface area contributed by atoms with Gasteiger partial charge in [0.05, 0.1) is 7.11 Å². The molecule has 6 nitrogen and oxygen atoms in total. The van der Waals surface area contributed by atoms with Crippen LogP contribution in [0.15, 0.2) is 30.7 Å². The standard InChI is InChI=1S/C11H13N5O/c1-17-11-3-2-8(6-14-11)5-13-10-4-9(12)15-7-16-10/h2-4,6-7H,5H2,1H3,(H3,12,13,15,16). The molecule has 0 saturated carbocycles. The molecule has 2 rings (SSSR count). The maximum Gasteiger partial charge on any atom is 0.212 e. The van der Waals surface area contributed by atoms with Crippen molar-refractivity contribution in [2.75, 3.05) is 18.2 Å². The van der Waals surface area contributed by atoms with Gasteiger partial charge in [-0.15, -0.1) is 0 Å². The first-order valence-corrected chi connectivity index (χ1v) is 5.08. The Morgan fingerprint density at radius 1 is 1.29 bits per heavy atom. The van der Waals surface area contributed by atoms with Crippen molar-refractivity contribution in [2.45, 2.75) is 6.54 Å². The fraction of sp³-hybridized carbons (Fsp3) is 0.182. The molecule has 0 atom stereocenters. The van der Waals surface area contributed by atoms with Gasteiger partial charge in [-0.25, -0.2) is 15.0 Å². The molecule has 0 aliphatic rings. The quantitative estimate of drug-likeness (QED) is 0.818. The molecule has 0 saturated heterocycles. The molecular formula is C11H13N5O. The van der Waals surface area contributed by atoms with Gasteiger partial charge in [-0.2, -0.15) is 0 Å².